The monoisotopic (exact) mass is 351 g/mol. The second-order valence-electron chi connectivity index (χ2n) is 6.43. The molecule has 134 valence electrons. The summed E-state index contributed by atoms with van der Waals surface area (Å²) >= 11 is 0. The molecule has 2 saturated heterocycles. The highest BCUT2D eigenvalue weighted by atomic mass is 19.1. The van der Waals surface area contributed by atoms with Crippen molar-refractivity contribution in [3.63, 3.8) is 0 Å². The summed E-state index contributed by atoms with van der Waals surface area (Å²) in [6, 6.07) is 2.77. The molecule has 0 spiro atoms. The first kappa shape index (κ1) is 15.9. The Morgan fingerprint density at radius 1 is 1.44 bits per heavy atom. The maximum absolute atomic E-state index is 14.4. The van der Waals surface area contributed by atoms with Gasteiger partial charge in [-0.3, -0.25) is 4.90 Å². The van der Waals surface area contributed by atoms with E-state index in [1.807, 2.05) is 0 Å². The van der Waals surface area contributed by atoms with Crippen LogP contribution in [0, 0.1) is 5.82 Å². The first-order chi connectivity index (χ1) is 12.0. The Kier molecular flexibility index (Phi) is 3.68. The molecule has 0 radical (unpaired) electrons. The summed E-state index contributed by atoms with van der Waals surface area (Å²) in [4.78, 5) is 26.6. The first-order valence-electron chi connectivity index (χ1n) is 8.05. The zero-order chi connectivity index (χ0) is 17.7. The van der Waals surface area contributed by atoms with Gasteiger partial charge in [-0.05, 0) is 18.1 Å². The number of fused-ring (bicyclic) bond motifs is 3. The van der Waals surface area contributed by atoms with E-state index in [9.17, 15) is 19.1 Å². The largest absolute Gasteiger partial charge is 0.453 e. The van der Waals surface area contributed by atoms with Crippen molar-refractivity contribution in [1.82, 2.24) is 5.32 Å². The molecule has 3 heterocycles. The number of aliphatic hydroxyl groups is 1. The van der Waals surface area contributed by atoms with Crippen LogP contribution in [0.25, 0.3) is 0 Å². The lowest BCUT2D eigenvalue weighted by Gasteiger charge is -2.38. The molecule has 2 N–H and O–H groups in total. The summed E-state index contributed by atoms with van der Waals surface area (Å²) in [6.07, 6.45) is -1.60. The third-order valence-electron chi connectivity index (χ3n) is 4.88. The van der Waals surface area contributed by atoms with Crippen LogP contribution < -0.4 is 15.1 Å². The number of aliphatic hydroxyl groups excluding tert-OH is 1. The molecule has 0 aromatic heterocycles. The van der Waals surface area contributed by atoms with Crippen molar-refractivity contribution in [3.05, 3.63) is 23.5 Å². The molecule has 8 nitrogen and oxygen atoms in total. The normalized spacial score (nSPS) is 24.5. The summed E-state index contributed by atoms with van der Waals surface area (Å²) in [7, 11) is 1.25. The Bertz CT molecular complexity index is 737. The van der Waals surface area contributed by atoms with Crippen LogP contribution in [0.1, 0.15) is 5.56 Å². The molecule has 2 atom stereocenters. The molecule has 3 aliphatic heterocycles. The van der Waals surface area contributed by atoms with Gasteiger partial charge in [0.2, 0.25) is 0 Å². The van der Waals surface area contributed by atoms with Gasteiger partial charge in [0, 0.05) is 19.2 Å². The number of cyclic esters (lactones) is 1. The molecule has 4 rings (SSSR count). The van der Waals surface area contributed by atoms with E-state index in [-0.39, 0.29) is 12.6 Å². The Morgan fingerprint density at radius 2 is 2.20 bits per heavy atom. The number of carbonyl (C=O) groups is 2. The molecule has 0 aliphatic carbocycles. The Balaban J connectivity index is 1.56. The number of nitrogens with one attached hydrogen (secondary N) is 1. The van der Waals surface area contributed by atoms with Crippen molar-refractivity contribution >= 4 is 23.6 Å². The lowest BCUT2D eigenvalue weighted by Crippen LogP contribution is -2.51. The summed E-state index contributed by atoms with van der Waals surface area (Å²) in [5.74, 6) is -0.435. The molecule has 1 aromatic carbocycles. The number of hydrogen-bond donors (Lipinski definition) is 2. The van der Waals surface area contributed by atoms with Crippen molar-refractivity contribution in [2.24, 2.45) is 0 Å². The van der Waals surface area contributed by atoms with Crippen molar-refractivity contribution < 1.29 is 28.6 Å². The van der Waals surface area contributed by atoms with E-state index >= 15 is 0 Å². The number of rotatable bonds is 3. The highest BCUT2D eigenvalue weighted by Crippen LogP contribution is 2.42. The van der Waals surface area contributed by atoms with Crippen LogP contribution in [-0.4, -0.2) is 62.3 Å². The molecule has 1 aromatic rings. The smallest absolute Gasteiger partial charge is 0.415 e. The summed E-state index contributed by atoms with van der Waals surface area (Å²) in [6.45, 7) is 0.925. The average Bonchev–Trinajstić information content (AvgIpc) is 3.06. The highest BCUT2D eigenvalue weighted by Gasteiger charge is 2.48. The average molecular weight is 351 g/mol. The number of ether oxygens (including phenoxy) is 2. The van der Waals surface area contributed by atoms with Crippen LogP contribution in [0.5, 0.6) is 0 Å². The third kappa shape index (κ3) is 2.55. The lowest BCUT2D eigenvalue weighted by atomic mass is 10.0. The van der Waals surface area contributed by atoms with Crippen molar-refractivity contribution in [1.29, 1.82) is 0 Å². The Morgan fingerprint density at radius 3 is 2.88 bits per heavy atom. The minimum atomic E-state index is -0.602. The second-order valence-corrected chi connectivity index (χ2v) is 6.43. The molecule has 9 heteroatoms. The first-order valence-corrected chi connectivity index (χ1v) is 8.05. The quantitative estimate of drug-likeness (QED) is 0.829. The third-order valence-corrected chi connectivity index (χ3v) is 4.88. The van der Waals surface area contributed by atoms with Crippen molar-refractivity contribution in [3.8, 4) is 0 Å². The van der Waals surface area contributed by atoms with E-state index in [4.69, 9.17) is 4.74 Å². The Labute approximate surface area is 143 Å². The molecule has 2 amide bonds. The number of benzene rings is 1. The standard InChI is InChI=1S/C16H18FN3O5/c1-24-15(22)18-5-14-13-3-8-2-12(19-6-9(21)7-19)10(17)4-11(8)20(13)16(23)25-14/h2,4,9,13-14,21H,3,5-7H2,1H3,(H,18,22)/t13-,14-/m0/s1. The van der Waals surface area contributed by atoms with Gasteiger partial charge in [0.25, 0.3) is 0 Å². The van der Waals surface area contributed by atoms with Gasteiger partial charge in [-0.1, -0.05) is 0 Å². The van der Waals surface area contributed by atoms with Gasteiger partial charge < -0.3 is 24.8 Å². The number of carbonyl (C=O) groups excluding carboxylic acids is 2. The van der Waals surface area contributed by atoms with Gasteiger partial charge in [0.1, 0.15) is 11.9 Å². The number of hydrogen-bond acceptors (Lipinski definition) is 6. The number of methoxy groups -OCH3 is 1. The molecule has 3 aliphatic rings. The Hall–Kier alpha value is -2.55. The number of halogens is 1. The number of β-amino-alcohol motifs (C(OH)–C–C–N with tert-alkyl or cyclic N) is 1. The number of amides is 2. The van der Waals surface area contributed by atoms with Crippen LogP contribution in [-0.2, 0) is 15.9 Å². The topological polar surface area (TPSA) is 91.3 Å². The maximum atomic E-state index is 14.4. The number of nitrogens with zero attached hydrogens (tertiary/aromatic N) is 2. The molecule has 2 fully saturated rings. The summed E-state index contributed by atoms with van der Waals surface area (Å²) < 4.78 is 24.3. The van der Waals surface area contributed by atoms with E-state index in [0.717, 1.165) is 5.56 Å². The molecule has 25 heavy (non-hydrogen) atoms. The minimum Gasteiger partial charge on any atom is -0.453 e. The molecule has 0 unspecified atom stereocenters. The van der Waals surface area contributed by atoms with E-state index in [2.05, 4.69) is 10.1 Å². The molecular formula is C16H18FN3O5. The summed E-state index contributed by atoms with van der Waals surface area (Å²) in [5, 5.41) is 11.9. The van der Waals surface area contributed by atoms with Gasteiger partial charge >= 0.3 is 12.2 Å². The van der Waals surface area contributed by atoms with Gasteiger partial charge in [0.05, 0.1) is 37.2 Å². The zero-order valence-corrected chi connectivity index (χ0v) is 13.6. The fourth-order valence-electron chi connectivity index (χ4n) is 3.60. The van der Waals surface area contributed by atoms with Gasteiger partial charge in [-0.15, -0.1) is 0 Å². The fourth-order valence-corrected chi connectivity index (χ4v) is 3.60. The van der Waals surface area contributed by atoms with Crippen LogP contribution in [0.2, 0.25) is 0 Å². The predicted octanol–water partition coefficient (Wildman–Crippen LogP) is 0.612. The maximum Gasteiger partial charge on any atom is 0.415 e. The molecule has 0 bridgehead atoms. The van der Waals surface area contributed by atoms with Crippen LogP contribution in [0.15, 0.2) is 12.1 Å². The van der Waals surface area contributed by atoms with Crippen LogP contribution >= 0.6 is 0 Å². The van der Waals surface area contributed by atoms with E-state index < -0.39 is 30.2 Å². The summed E-state index contributed by atoms with van der Waals surface area (Å²) in [5.41, 5.74) is 1.78. The molecule has 0 saturated carbocycles. The van der Waals surface area contributed by atoms with E-state index in [1.165, 1.54) is 18.1 Å². The van der Waals surface area contributed by atoms with Crippen LogP contribution in [0.3, 0.4) is 0 Å². The van der Waals surface area contributed by atoms with Gasteiger partial charge in [-0.25, -0.2) is 14.0 Å². The van der Waals surface area contributed by atoms with Gasteiger partial charge in [-0.2, -0.15) is 0 Å². The number of alkyl carbamates (subject to hydrolysis) is 1. The van der Waals surface area contributed by atoms with E-state index in [1.54, 1.807) is 11.0 Å². The number of anilines is 2. The SMILES string of the molecule is COC(=O)NC[C@@H]1OC(=O)N2c3cc(F)c(N4CC(O)C4)cc3C[C@@H]12. The zero-order valence-electron chi connectivity index (χ0n) is 13.6. The molecular weight excluding hydrogens is 333 g/mol. The van der Waals surface area contributed by atoms with Crippen molar-refractivity contribution in [2.45, 2.75) is 24.7 Å². The van der Waals surface area contributed by atoms with Crippen LogP contribution in [0.4, 0.5) is 25.4 Å². The van der Waals surface area contributed by atoms with E-state index in [0.29, 0.717) is 30.9 Å². The van der Waals surface area contributed by atoms with Gasteiger partial charge in [0.15, 0.2) is 0 Å². The highest BCUT2D eigenvalue weighted by molar-refractivity contribution is 5.94. The predicted molar refractivity (Wildman–Crippen MR) is 85.3 cm³/mol. The fraction of sp³-hybridized carbons (Fsp3) is 0.500. The lowest BCUT2D eigenvalue weighted by molar-refractivity contribution is 0.123. The van der Waals surface area contributed by atoms with Crippen molar-refractivity contribution in [2.75, 3.05) is 36.5 Å². The minimum absolute atomic E-state index is 0.126. The second kappa shape index (κ2) is 5.76.